The summed E-state index contributed by atoms with van der Waals surface area (Å²) in [6.07, 6.45) is 0. The Kier molecular flexibility index (Phi) is 1.66. The predicted molar refractivity (Wildman–Crippen MR) is 40.6 cm³/mol. The number of carbonyl (C=O) groups is 1. The van der Waals surface area contributed by atoms with Crippen LogP contribution in [-0.4, -0.2) is 27.8 Å². The standard InChI is InChI=1S/C6H7O7P/c1-3(2)4(7)5(8)6(9)12-14(10,11-5)13-6/h8-9H,1H2,2H3. The Morgan fingerprint density at radius 3 is 2.14 bits per heavy atom. The number of carbonyl (C=O) groups excluding carboxylic acids is 1. The monoisotopic (exact) mass is 222 g/mol. The van der Waals surface area contributed by atoms with Gasteiger partial charge < -0.3 is 10.2 Å². The first-order valence-electron chi connectivity index (χ1n) is 3.60. The molecule has 8 heteroatoms. The summed E-state index contributed by atoms with van der Waals surface area (Å²) in [5, 5.41) is 18.9. The normalized spacial score (nSPS) is 49.9. The molecule has 7 nitrogen and oxygen atoms in total. The molecule has 0 amide bonds. The number of phosphoric acid groups is 1. The van der Waals surface area contributed by atoms with E-state index in [2.05, 4.69) is 20.2 Å². The molecule has 2 N–H and O–H groups in total. The fraction of sp³-hybridized carbons (Fsp3) is 0.500. The number of aliphatic hydroxyl groups is 2. The SMILES string of the molecule is C=C(C)C(=O)C1(O)OP2(=O)OC1(O)O2. The van der Waals surface area contributed by atoms with Crippen molar-refractivity contribution >= 4 is 13.6 Å². The molecule has 0 radical (unpaired) electrons. The minimum Gasteiger partial charge on any atom is -0.353 e. The van der Waals surface area contributed by atoms with Gasteiger partial charge in [-0.3, -0.25) is 4.79 Å². The highest BCUT2D eigenvalue weighted by atomic mass is 31.2. The van der Waals surface area contributed by atoms with E-state index in [1.54, 1.807) is 0 Å². The van der Waals surface area contributed by atoms with E-state index in [1.807, 2.05) is 0 Å². The quantitative estimate of drug-likeness (QED) is 0.486. The molecule has 3 fully saturated rings. The smallest absolute Gasteiger partial charge is 0.353 e. The minimum atomic E-state index is -3.94. The number of Topliss-reactive ketones (excluding diaryl/α,β-unsaturated/α-hetero) is 1. The van der Waals surface area contributed by atoms with Gasteiger partial charge in [0.25, 0.3) is 0 Å². The Morgan fingerprint density at radius 2 is 1.86 bits per heavy atom. The summed E-state index contributed by atoms with van der Waals surface area (Å²) in [7, 11) is -3.94. The molecule has 78 valence electrons. The minimum absolute atomic E-state index is 0.0894. The number of phosphoric ester groups is 1. The van der Waals surface area contributed by atoms with E-state index < -0.39 is 25.4 Å². The molecule has 1 unspecified atom stereocenters. The largest absolute Gasteiger partial charge is 0.487 e. The molecule has 3 aliphatic heterocycles. The van der Waals surface area contributed by atoms with Crippen LogP contribution in [0.1, 0.15) is 6.92 Å². The molecule has 0 aromatic rings. The molecule has 1 atom stereocenters. The Bertz CT molecular complexity index is 378. The Labute approximate surface area is 78.5 Å². The first kappa shape index (κ1) is 9.97. The van der Waals surface area contributed by atoms with Gasteiger partial charge in [0.2, 0.25) is 5.78 Å². The van der Waals surface area contributed by atoms with E-state index in [0.717, 1.165) is 0 Å². The highest BCUT2D eigenvalue weighted by Gasteiger charge is 2.82. The second-order valence-electron chi connectivity index (χ2n) is 3.06. The maximum Gasteiger partial charge on any atom is 0.487 e. The molecular weight excluding hydrogens is 215 g/mol. The van der Waals surface area contributed by atoms with Crippen molar-refractivity contribution in [3.63, 3.8) is 0 Å². The van der Waals surface area contributed by atoms with Crippen molar-refractivity contribution in [1.82, 2.24) is 0 Å². The van der Waals surface area contributed by atoms with Gasteiger partial charge in [-0.05, 0) is 12.5 Å². The van der Waals surface area contributed by atoms with Crippen molar-refractivity contribution in [3.05, 3.63) is 12.2 Å². The first-order chi connectivity index (χ1) is 6.23. The molecular formula is C6H7O7P. The third kappa shape index (κ3) is 0.939. The van der Waals surface area contributed by atoms with Gasteiger partial charge in [-0.2, -0.15) is 0 Å². The zero-order valence-corrected chi connectivity index (χ0v) is 7.98. The lowest BCUT2D eigenvalue weighted by molar-refractivity contribution is -0.378. The van der Waals surface area contributed by atoms with Crippen LogP contribution in [-0.2, 0) is 22.9 Å². The van der Waals surface area contributed by atoms with Crippen molar-refractivity contribution in [2.24, 2.45) is 0 Å². The van der Waals surface area contributed by atoms with Crippen molar-refractivity contribution in [2.75, 3.05) is 0 Å². The zero-order chi connectivity index (χ0) is 10.8. The summed E-state index contributed by atoms with van der Waals surface area (Å²) in [6.45, 7) is 4.54. The summed E-state index contributed by atoms with van der Waals surface area (Å²) in [5.74, 6) is -6.51. The van der Waals surface area contributed by atoms with Crippen LogP contribution in [0.4, 0.5) is 0 Å². The van der Waals surface area contributed by atoms with Crippen LogP contribution < -0.4 is 0 Å². The molecule has 3 rings (SSSR count). The van der Waals surface area contributed by atoms with E-state index >= 15 is 0 Å². The second-order valence-corrected chi connectivity index (χ2v) is 4.50. The number of rotatable bonds is 2. The summed E-state index contributed by atoms with van der Waals surface area (Å²) in [5.41, 5.74) is -0.0894. The summed E-state index contributed by atoms with van der Waals surface area (Å²) < 4.78 is 23.9. The predicted octanol–water partition coefficient (Wildman–Crippen LogP) is -0.349. The van der Waals surface area contributed by atoms with Crippen LogP contribution in [0.3, 0.4) is 0 Å². The topological polar surface area (TPSA) is 102 Å². The average molecular weight is 222 g/mol. The summed E-state index contributed by atoms with van der Waals surface area (Å²) in [4.78, 5) is 11.3. The fourth-order valence-corrected chi connectivity index (χ4v) is 2.63. The molecule has 3 aliphatic rings. The van der Waals surface area contributed by atoms with E-state index in [4.69, 9.17) is 0 Å². The molecule has 14 heavy (non-hydrogen) atoms. The molecule has 3 saturated heterocycles. The number of fused-ring (bicyclic) bond motifs is 1. The van der Waals surface area contributed by atoms with Gasteiger partial charge in [-0.25, -0.2) is 18.1 Å². The third-order valence-electron chi connectivity index (χ3n) is 1.84. The molecule has 2 bridgehead atoms. The van der Waals surface area contributed by atoms with E-state index in [1.165, 1.54) is 6.92 Å². The van der Waals surface area contributed by atoms with Crippen molar-refractivity contribution in [3.8, 4) is 0 Å². The highest BCUT2D eigenvalue weighted by Crippen LogP contribution is 2.76. The molecule has 0 aromatic carbocycles. The van der Waals surface area contributed by atoms with Crippen molar-refractivity contribution in [2.45, 2.75) is 18.7 Å². The Balaban J connectivity index is 2.40. The average Bonchev–Trinajstić information content (AvgIpc) is 2.29. The third-order valence-corrected chi connectivity index (χ3v) is 3.27. The van der Waals surface area contributed by atoms with Crippen LogP contribution in [0, 0.1) is 0 Å². The lowest BCUT2D eigenvalue weighted by atomic mass is 10.0. The van der Waals surface area contributed by atoms with Gasteiger partial charge in [0.15, 0.2) is 0 Å². The summed E-state index contributed by atoms with van der Waals surface area (Å²) >= 11 is 0. The second kappa shape index (κ2) is 2.33. The lowest BCUT2D eigenvalue weighted by Gasteiger charge is -2.31. The van der Waals surface area contributed by atoms with Crippen LogP contribution in [0.5, 0.6) is 0 Å². The maximum atomic E-state index is 11.3. The molecule has 3 heterocycles. The van der Waals surface area contributed by atoms with Crippen LogP contribution in [0.15, 0.2) is 12.2 Å². The van der Waals surface area contributed by atoms with Crippen LogP contribution in [0.25, 0.3) is 0 Å². The lowest BCUT2D eigenvalue weighted by Crippen LogP contribution is -2.58. The van der Waals surface area contributed by atoms with Gasteiger partial charge in [0.1, 0.15) is 0 Å². The first-order valence-corrected chi connectivity index (χ1v) is 5.06. The summed E-state index contributed by atoms with van der Waals surface area (Å²) in [6, 6.07) is 0. The van der Waals surface area contributed by atoms with Crippen molar-refractivity contribution in [1.29, 1.82) is 0 Å². The number of hydrogen-bond donors (Lipinski definition) is 2. The van der Waals surface area contributed by atoms with Crippen LogP contribution in [0.2, 0.25) is 0 Å². The highest BCUT2D eigenvalue weighted by molar-refractivity contribution is 7.50. The van der Waals surface area contributed by atoms with Gasteiger partial charge in [0.05, 0.1) is 0 Å². The van der Waals surface area contributed by atoms with Gasteiger partial charge in [-0.15, -0.1) is 0 Å². The van der Waals surface area contributed by atoms with E-state index in [9.17, 15) is 19.6 Å². The number of hydrogen-bond acceptors (Lipinski definition) is 7. The van der Waals surface area contributed by atoms with Gasteiger partial charge in [-0.1, -0.05) is 6.58 Å². The Hall–Kier alpha value is -0.560. The van der Waals surface area contributed by atoms with E-state index in [0.29, 0.717) is 0 Å². The van der Waals surface area contributed by atoms with E-state index in [-0.39, 0.29) is 5.57 Å². The zero-order valence-electron chi connectivity index (χ0n) is 7.09. The van der Waals surface area contributed by atoms with Crippen molar-refractivity contribution < 1.29 is 33.1 Å². The molecule has 0 aromatic heterocycles. The number of ketones is 1. The fourth-order valence-electron chi connectivity index (χ4n) is 1.16. The molecule has 0 saturated carbocycles. The maximum absolute atomic E-state index is 11.3. The Morgan fingerprint density at radius 1 is 1.36 bits per heavy atom. The molecule has 0 spiro atoms. The van der Waals surface area contributed by atoms with Gasteiger partial charge >= 0.3 is 19.6 Å². The van der Waals surface area contributed by atoms with Gasteiger partial charge in [0, 0.05) is 0 Å². The van der Waals surface area contributed by atoms with Crippen LogP contribution >= 0.6 is 7.82 Å². The molecule has 0 aliphatic carbocycles.